The van der Waals surface area contributed by atoms with Crippen molar-refractivity contribution in [2.45, 2.75) is 26.9 Å². The fraction of sp³-hybridized carbons (Fsp3) is 0.278. The largest absolute Gasteiger partial charge is 0.487 e. The minimum absolute atomic E-state index is 0.146. The van der Waals surface area contributed by atoms with Crippen LogP contribution >= 0.6 is 34.2 Å². The topological polar surface area (TPSA) is 59.0 Å². The number of ether oxygens (including phenoxy) is 2. The number of aryl methyl sites for hydroxylation is 2. The molecule has 7 heteroatoms. The summed E-state index contributed by atoms with van der Waals surface area (Å²) in [4.78, 5) is 11.6. The lowest BCUT2D eigenvalue weighted by Crippen LogP contribution is -2.28. The summed E-state index contributed by atoms with van der Waals surface area (Å²) in [6.07, 6.45) is 0.0231. The SMILES string of the molecule is CCc1cc(Cl)c(OCc2c(I)cccc2N(O)C(=O)OC)cc1C. The number of hydroxylamine groups is 1. The number of carbonyl (C=O) groups is 1. The zero-order chi connectivity index (χ0) is 18.6. The number of amides is 1. The second-order valence-corrected chi connectivity index (χ2v) is 6.94. The van der Waals surface area contributed by atoms with Crippen molar-refractivity contribution >= 4 is 46.0 Å². The van der Waals surface area contributed by atoms with E-state index in [2.05, 4.69) is 34.3 Å². The smallest absolute Gasteiger partial charge is 0.438 e. The van der Waals surface area contributed by atoms with Crippen LogP contribution in [0, 0.1) is 10.5 Å². The van der Waals surface area contributed by atoms with Crippen molar-refractivity contribution in [2.24, 2.45) is 0 Å². The molecule has 0 aliphatic rings. The van der Waals surface area contributed by atoms with Crippen LogP contribution in [0.4, 0.5) is 10.5 Å². The first-order valence-electron chi connectivity index (χ1n) is 7.65. The van der Waals surface area contributed by atoms with E-state index >= 15 is 0 Å². The molecule has 134 valence electrons. The maximum absolute atomic E-state index is 11.6. The lowest BCUT2D eigenvalue weighted by molar-refractivity contribution is 0.140. The summed E-state index contributed by atoms with van der Waals surface area (Å²) in [6, 6.07) is 9.01. The van der Waals surface area contributed by atoms with Crippen LogP contribution < -0.4 is 9.80 Å². The third-order valence-electron chi connectivity index (χ3n) is 3.81. The molecule has 2 aromatic rings. The first kappa shape index (κ1) is 19.8. The van der Waals surface area contributed by atoms with Gasteiger partial charge in [-0.05, 0) is 71.3 Å². The highest BCUT2D eigenvalue weighted by atomic mass is 127. The van der Waals surface area contributed by atoms with Crippen LogP contribution in [0.15, 0.2) is 30.3 Å². The summed E-state index contributed by atoms with van der Waals surface area (Å²) in [5.41, 5.74) is 3.23. The molecule has 5 nitrogen and oxygen atoms in total. The monoisotopic (exact) mass is 475 g/mol. The number of halogens is 2. The number of hydrogen-bond donors (Lipinski definition) is 1. The lowest BCUT2D eigenvalue weighted by Gasteiger charge is -2.19. The predicted octanol–water partition coefficient (Wildman–Crippen LogP) is 5.36. The fourth-order valence-corrected chi connectivity index (χ4v) is 3.29. The van der Waals surface area contributed by atoms with Crippen molar-refractivity contribution in [1.29, 1.82) is 0 Å². The summed E-state index contributed by atoms with van der Waals surface area (Å²) in [7, 11) is 1.20. The van der Waals surface area contributed by atoms with Crippen LogP contribution in [0.5, 0.6) is 5.75 Å². The van der Waals surface area contributed by atoms with E-state index in [1.807, 2.05) is 25.1 Å². The minimum Gasteiger partial charge on any atom is -0.487 e. The van der Waals surface area contributed by atoms with Gasteiger partial charge in [-0.15, -0.1) is 0 Å². The molecule has 0 saturated carbocycles. The Morgan fingerprint density at radius 1 is 1.36 bits per heavy atom. The van der Waals surface area contributed by atoms with Crippen molar-refractivity contribution in [3.8, 4) is 5.75 Å². The van der Waals surface area contributed by atoms with Gasteiger partial charge in [0, 0.05) is 9.13 Å². The van der Waals surface area contributed by atoms with Gasteiger partial charge >= 0.3 is 6.09 Å². The van der Waals surface area contributed by atoms with Gasteiger partial charge in [-0.2, -0.15) is 5.06 Å². The molecule has 0 radical (unpaired) electrons. The fourth-order valence-electron chi connectivity index (χ4n) is 2.41. The number of rotatable bonds is 5. The molecule has 0 heterocycles. The summed E-state index contributed by atoms with van der Waals surface area (Å²) in [6.45, 7) is 4.22. The molecule has 25 heavy (non-hydrogen) atoms. The van der Waals surface area contributed by atoms with Crippen LogP contribution in [0.25, 0.3) is 0 Å². The molecule has 0 atom stereocenters. The highest BCUT2D eigenvalue weighted by Crippen LogP contribution is 2.31. The molecular weight excluding hydrogens is 457 g/mol. The van der Waals surface area contributed by atoms with E-state index in [0.29, 0.717) is 27.1 Å². The highest BCUT2D eigenvalue weighted by Gasteiger charge is 2.19. The Morgan fingerprint density at radius 3 is 2.72 bits per heavy atom. The number of anilines is 1. The second kappa shape index (κ2) is 8.73. The number of nitrogens with zero attached hydrogens (tertiary/aromatic N) is 1. The molecule has 0 spiro atoms. The minimum atomic E-state index is -0.871. The van der Waals surface area contributed by atoms with Gasteiger partial charge in [0.1, 0.15) is 12.4 Å². The second-order valence-electron chi connectivity index (χ2n) is 5.37. The number of carbonyl (C=O) groups excluding carboxylic acids is 1. The van der Waals surface area contributed by atoms with Crippen molar-refractivity contribution in [3.63, 3.8) is 0 Å². The third-order valence-corrected chi connectivity index (χ3v) is 5.12. The molecule has 0 aliphatic carbocycles. The summed E-state index contributed by atoms with van der Waals surface area (Å²) in [5, 5.41) is 11.0. The van der Waals surface area contributed by atoms with Gasteiger partial charge in [0.25, 0.3) is 0 Å². The normalized spacial score (nSPS) is 10.5. The molecule has 0 saturated heterocycles. The van der Waals surface area contributed by atoms with Gasteiger partial charge in [0.2, 0.25) is 0 Å². The number of methoxy groups -OCH3 is 1. The maximum Gasteiger partial charge on any atom is 0.438 e. The van der Waals surface area contributed by atoms with Crippen molar-refractivity contribution in [3.05, 3.63) is 55.6 Å². The Hall–Kier alpha value is -1.51. The van der Waals surface area contributed by atoms with E-state index in [1.165, 1.54) is 12.7 Å². The molecule has 0 aromatic heterocycles. The summed E-state index contributed by atoms with van der Waals surface area (Å²) in [5.74, 6) is 0.560. The molecule has 1 amide bonds. The molecule has 0 unspecified atom stereocenters. The molecular formula is C18H19ClINO4. The summed E-state index contributed by atoms with van der Waals surface area (Å²) >= 11 is 8.42. The maximum atomic E-state index is 11.6. The predicted molar refractivity (Wildman–Crippen MR) is 106 cm³/mol. The van der Waals surface area contributed by atoms with Gasteiger partial charge in [-0.1, -0.05) is 24.6 Å². The first-order valence-corrected chi connectivity index (χ1v) is 9.10. The van der Waals surface area contributed by atoms with E-state index in [0.717, 1.165) is 15.6 Å². The van der Waals surface area contributed by atoms with Gasteiger partial charge in [-0.3, -0.25) is 5.21 Å². The van der Waals surface area contributed by atoms with E-state index in [1.54, 1.807) is 12.1 Å². The van der Waals surface area contributed by atoms with E-state index in [4.69, 9.17) is 16.3 Å². The van der Waals surface area contributed by atoms with Crippen molar-refractivity contribution in [2.75, 3.05) is 12.2 Å². The lowest BCUT2D eigenvalue weighted by atomic mass is 10.1. The zero-order valence-corrected chi connectivity index (χ0v) is 17.1. The standard InChI is InChI=1S/C18H19ClINO4/c1-4-12-9-14(19)17(8-11(12)2)25-10-13-15(20)6-5-7-16(13)21(23)18(22)24-3/h5-9,23H,4,10H2,1-3H3. The number of hydrogen-bond acceptors (Lipinski definition) is 4. The first-order chi connectivity index (χ1) is 11.9. The summed E-state index contributed by atoms with van der Waals surface area (Å²) < 4.78 is 11.3. The molecule has 0 fully saturated rings. The zero-order valence-electron chi connectivity index (χ0n) is 14.2. The van der Waals surface area contributed by atoms with E-state index in [9.17, 15) is 10.0 Å². The third kappa shape index (κ3) is 4.56. The molecule has 1 N–H and O–H groups in total. The Kier molecular flexibility index (Phi) is 6.92. The Bertz CT molecular complexity index is 782. The van der Waals surface area contributed by atoms with Crippen LogP contribution in [-0.4, -0.2) is 18.4 Å². The quantitative estimate of drug-likeness (QED) is 0.359. The van der Waals surface area contributed by atoms with Crippen molar-refractivity contribution < 1.29 is 19.5 Å². The average Bonchev–Trinajstić information content (AvgIpc) is 2.61. The Labute approximate surface area is 165 Å². The molecule has 0 bridgehead atoms. The van der Waals surface area contributed by atoms with Crippen LogP contribution in [0.3, 0.4) is 0 Å². The van der Waals surface area contributed by atoms with Gasteiger partial charge in [-0.25, -0.2) is 4.79 Å². The van der Waals surface area contributed by atoms with Crippen LogP contribution in [0.2, 0.25) is 5.02 Å². The highest BCUT2D eigenvalue weighted by molar-refractivity contribution is 14.1. The van der Waals surface area contributed by atoms with Gasteiger partial charge < -0.3 is 9.47 Å². The number of benzene rings is 2. The van der Waals surface area contributed by atoms with Gasteiger partial charge in [0.15, 0.2) is 0 Å². The van der Waals surface area contributed by atoms with E-state index < -0.39 is 6.09 Å². The van der Waals surface area contributed by atoms with Crippen LogP contribution in [0.1, 0.15) is 23.6 Å². The molecule has 2 rings (SSSR count). The van der Waals surface area contributed by atoms with Crippen molar-refractivity contribution in [1.82, 2.24) is 0 Å². The average molecular weight is 476 g/mol. The molecule has 0 aliphatic heterocycles. The Morgan fingerprint density at radius 2 is 2.08 bits per heavy atom. The Balaban J connectivity index is 2.30. The molecule has 2 aromatic carbocycles. The van der Waals surface area contributed by atoms with Gasteiger partial charge in [0.05, 0.1) is 17.8 Å². The van der Waals surface area contributed by atoms with Crippen LogP contribution in [-0.2, 0) is 17.8 Å². The van der Waals surface area contributed by atoms with E-state index in [-0.39, 0.29) is 6.61 Å².